The molecule has 156 valence electrons. The number of amides is 2. The lowest BCUT2D eigenvalue weighted by Gasteiger charge is -2.56. The average Bonchev–Trinajstić information content (AvgIpc) is 2.91. The fraction of sp³-hybridized carbons (Fsp3) is 0.600. The predicted octanol–water partition coefficient (Wildman–Crippen LogP) is 2.76. The van der Waals surface area contributed by atoms with Crippen LogP contribution >= 0.6 is 11.8 Å². The highest BCUT2D eigenvalue weighted by Crippen LogP contribution is 2.48. The maximum absolute atomic E-state index is 14.7. The van der Waals surface area contributed by atoms with Crippen LogP contribution in [0.3, 0.4) is 0 Å². The molecule has 5 rings (SSSR count). The van der Waals surface area contributed by atoms with Gasteiger partial charge in [-0.25, -0.2) is 13.6 Å². The number of ether oxygens (including phenoxy) is 1. The van der Waals surface area contributed by atoms with Gasteiger partial charge in [0.25, 0.3) is 0 Å². The van der Waals surface area contributed by atoms with Gasteiger partial charge in [-0.2, -0.15) is 11.8 Å². The van der Waals surface area contributed by atoms with Crippen LogP contribution in [0.15, 0.2) is 12.1 Å². The first kappa shape index (κ1) is 19.0. The minimum absolute atomic E-state index is 0.0202. The summed E-state index contributed by atoms with van der Waals surface area (Å²) in [4.78, 5) is 27.1. The number of hydrogen-bond acceptors (Lipinski definition) is 5. The van der Waals surface area contributed by atoms with Crippen molar-refractivity contribution in [1.82, 2.24) is 5.32 Å². The molecule has 0 bridgehead atoms. The standard InChI is InChI=1S/C20H23F2N3O3S/c21-15-4-13(5-16(22)17(15)24-8-20(9-24)10-29-11-20)25-7-14(28-19(25)27)6-23-18(26)12-2-1-3-12/h4-5,12,14H,1-3,6-11H2,(H,23,26). The molecule has 2 amide bonds. The summed E-state index contributed by atoms with van der Waals surface area (Å²) >= 11 is 1.86. The van der Waals surface area contributed by atoms with E-state index < -0.39 is 23.8 Å². The molecule has 1 aromatic carbocycles. The molecule has 0 aromatic heterocycles. The van der Waals surface area contributed by atoms with Gasteiger partial charge < -0.3 is 15.0 Å². The predicted molar refractivity (Wildman–Crippen MR) is 106 cm³/mol. The van der Waals surface area contributed by atoms with E-state index >= 15 is 0 Å². The number of thioether (sulfide) groups is 1. The van der Waals surface area contributed by atoms with E-state index in [4.69, 9.17) is 4.74 Å². The van der Waals surface area contributed by atoms with E-state index in [1.54, 1.807) is 4.90 Å². The van der Waals surface area contributed by atoms with Crippen LogP contribution in [0.2, 0.25) is 0 Å². The summed E-state index contributed by atoms with van der Waals surface area (Å²) < 4.78 is 34.7. The van der Waals surface area contributed by atoms with E-state index in [2.05, 4.69) is 5.32 Å². The maximum Gasteiger partial charge on any atom is 0.414 e. The van der Waals surface area contributed by atoms with Crippen LogP contribution in [-0.4, -0.2) is 55.8 Å². The number of cyclic esters (lactones) is 1. The fourth-order valence-electron chi connectivity index (χ4n) is 4.37. The van der Waals surface area contributed by atoms with Gasteiger partial charge in [-0.05, 0) is 12.8 Å². The van der Waals surface area contributed by atoms with E-state index in [1.165, 1.54) is 17.0 Å². The number of carbonyl (C=O) groups is 2. The average molecular weight is 423 g/mol. The SMILES string of the molecule is O=C(NCC1CN(c2cc(F)c(N3CC4(CSC4)C3)c(F)c2)C(=O)O1)C1CCC1. The van der Waals surface area contributed by atoms with Crippen LogP contribution in [0.1, 0.15) is 19.3 Å². The highest BCUT2D eigenvalue weighted by molar-refractivity contribution is 8.00. The zero-order valence-electron chi connectivity index (χ0n) is 16.0. The van der Waals surface area contributed by atoms with Crippen molar-refractivity contribution >= 4 is 35.1 Å². The summed E-state index contributed by atoms with van der Waals surface area (Å²) in [5, 5.41) is 2.80. The minimum Gasteiger partial charge on any atom is -0.442 e. The first-order valence-corrected chi connectivity index (χ1v) is 11.2. The first-order valence-electron chi connectivity index (χ1n) is 10.0. The van der Waals surface area contributed by atoms with Gasteiger partial charge in [-0.15, -0.1) is 0 Å². The van der Waals surface area contributed by atoms with E-state index in [1.807, 2.05) is 11.8 Å². The van der Waals surface area contributed by atoms with Crippen LogP contribution < -0.4 is 15.1 Å². The van der Waals surface area contributed by atoms with Crippen LogP contribution in [-0.2, 0) is 9.53 Å². The smallest absolute Gasteiger partial charge is 0.414 e. The van der Waals surface area contributed by atoms with Crippen molar-refractivity contribution in [3.63, 3.8) is 0 Å². The molecule has 3 heterocycles. The topological polar surface area (TPSA) is 61.9 Å². The molecule has 29 heavy (non-hydrogen) atoms. The van der Waals surface area contributed by atoms with Crippen molar-refractivity contribution in [2.24, 2.45) is 11.3 Å². The van der Waals surface area contributed by atoms with E-state index in [9.17, 15) is 18.4 Å². The first-order chi connectivity index (χ1) is 13.9. The Kier molecular flexibility index (Phi) is 4.60. The summed E-state index contributed by atoms with van der Waals surface area (Å²) in [5.41, 5.74) is 0.335. The lowest BCUT2D eigenvalue weighted by atomic mass is 9.82. The summed E-state index contributed by atoms with van der Waals surface area (Å²) in [6.45, 7) is 1.68. The third-order valence-corrected chi connectivity index (χ3v) is 7.99. The number of hydrogen-bond donors (Lipinski definition) is 1. The zero-order valence-corrected chi connectivity index (χ0v) is 16.8. The number of halogens is 2. The Hall–Kier alpha value is -2.03. The second-order valence-electron chi connectivity index (χ2n) is 8.60. The van der Waals surface area contributed by atoms with Gasteiger partial charge in [0.15, 0.2) is 11.6 Å². The van der Waals surface area contributed by atoms with Crippen LogP contribution in [0.5, 0.6) is 0 Å². The molecule has 0 radical (unpaired) electrons. The molecular weight excluding hydrogens is 400 g/mol. The van der Waals surface area contributed by atoms with E-state index in [0.717, 1.165) is 30.8 Å². The van der Waals surface area contributed by atoms with Crippen molar-refractivity contribution in [2.75, 3.05) is 47.5 Å². The molecule has 1 aromatic rings. The monoisotopic (exact) mass is 423 g/mol. The molecular formula is C20H23F2N3O3S. The van der Waals surface area contributed by atoms with E-state index in [0.29, 0.717) is 13.1 Å². The molecule has 1 N–H and O–H groups in total. The summed E-state index contributed by atoms with van der Waals surface area (Å²) in [6, 6.07) is 2.38. The Morgan fingerprint density at radius 3 is 2.48 bits per heavy atom. The maximum atomic E-state index is 14.7. The van der Waals surface area contributed by atoms with Gasteiger partial charge in [0, 0.05) is 48.1 Å². The number of nitrogens with one attached hydrogen (secondary N) is 1. The normalized spacial score (nSPS) is 25.3. The number of carbonyl (C=O) groups excluding carboxylic acids is 2. The second kappa shape index (κ2) is 7.04. The van der Waals surface area contributed by atoms with Crippen LogP contribution in [0.4, 0.5) is 25.0 Å². The second-order valence-corrected chi connectivity index (χ2v) is 9.58. The molecule has 9 heteroatoms. The summed E-state index contributed by atoms with van der Waals surface area (Å²) in [7, 11) is 0. The van der Waals surface area contributed by atoms with Gasteiger partial charge in [0.05, 0.1) is 18.8 Å². The molecule has 4 aliphatic rings. The van der Waals surface area contributed by atoms with Gasteiger partial charge in [0.2, 0.25) is 5.91 Å². The Labute approximate surface area is 171 Å². The fourth-order valence-corrected chi connectivity index (χ4v) is 5.52. The number of nitrogens with zero attached hydrogens (tertiary/aromatic N) is 2. The van der Waals surface area contributed by atoms with Gasteiger partial charge in [0.1, 0.15) is 11.8 Å². The molecule has 1 saturated carbocycles. The highest BCUT2D eigenvalue weighted by atomic mass is 32.2. The lowest BCUT2D eigenvalue weighted by molar-refractivity contribution is -0.127. The molecule has 1 aliphatic carbocycles. The number of rotatable bonds is 5. The van der Waals surface area contributed by atoms with Crippen molar-refractivity contribution < 1.29 is 23.1 Å². The summed E-state index contributed by atoms with van der Waals surface area (Å²) in [5.74, 6) is 0.780. The third-order valence-electron chi connectivity index (χ3n) is 6.35. The van der Waals surface area contributed by atoms with Gasteiger partial charge >= 0.3 is 6.09 Å². The van der Waals surface area contributed by atoms with Crippen LogP contribution in [0.25, 0.3) is 0 Å². The van der Waals surface area contributed by atoms with Gasteiger partial charge in [-0.3, -0.25) is 9.69 Å². The number of anilines is 2. The Morgan fingerprint density at radius 1 is 1.24 bits per heavy atom. The highest BCUT2D eigenvalue weighted by Gasteiger charge is 2.49. The molecule has 4 fully saturated rings. The van der Waals surface area contributed by atoms with Gasteiger partial charge in [-0.1, -0.05) is 6.42 Å². The largest absolute Gasteiger partial charge is 0.442 e. The Morgan fingerprint density at radius 2 is 1.93 bits per heavy atom. The lowest BCUT2D eigenvalue weighted by Crippen LogP contribution is -2.63. The van der Waals surface area contributed by atoms with Crippen molar-refractivity contribution in [3.8, 4) is 0 Å². The Bertz CT molecular complexity index is 828. The molecule has 1 spiro atoms. The minimum atomic E-state index is -0.670. The Balaban J connectivity index is 1.23. The van der Waals surface area contributed by atoms with E-state index in [-0.39, 0.29) is 41.7 Å². The van der Waals surface area contributed by atoms with Crippen molar-refractivity contribution in [3.05, 3.63) is 23.8 Å². The van der Waals surface area contributed by atoms with Crippen molar-refractivity contribution in [2.45, 2.75) is 25.4 Å². The molecule has 3 aliphatic heterocycles. The number of benzene rings is 1. The zero-order chi connectivity index (χ0) is 20.2. The summed E-state index contributed by atoms with van der Waals surface area (Å²) in [6.07, 6.45) is 1.65. The molecule has 3 saturated heterocycles. The molecule has 6 nitrogen and oxygen atoms in total. The molecule has 1 unspecified atom stereocenters. The van der Waals surface area contributed by atoms with Crippen LogP contribution in [0, 0.1) is 23.0 Å². The third kappa shape index (κ3) is 3.33. The van der Waals surface area contributed by atoms with Crippen molar-refractivity contribution in [1.29, 1.82) is 0 Å². The molecule has 1 atom stereocenters. The quantitative estimate of drug-likeness (QED) is 0.789.